The maximum Gasteiger partial charge on any atom is 0.230 e. The molecule has 1 heterocycles. The number of nitrogens with two attached hydrogens (primary N) is 1. The number of hydrogen-bond donors (Lipinski definition) is 5. The van der Waals surface area contributed by atoms with Crippen LogP contribution in [0.5, 0.6) is 5.75 Å². The number of aromatic hydroxyl groups is 1. The molecule has 11 heteroatoms. The van der Waals surface area contributed by atoms with Crippen LogP contribution in [0.15, 0.2) is 58.5 Å². The van der Waals surface area contributed by atoms with Gasteiger partial charge in [-0.3, -0.25) is 14.4 Å². The fourth-order valence-corrected chi connectivity index (χ4v) is 8.95. The molecular formula is C41H51N3O8. The fourth-order valence-electron chi connectivity index (χ4n) is 8.95. The van der Waals surface area contributed by atoms with E-state index in [1.807, 2.05) is 49.3 Å². The average Bonchev–Trinajstić information content (AvgIpc) is 3.53. The number of anilines is 1. The first-order valence-corrected chi connectivity index (χ1v) is 18.1. The minimum Gasteiger partial charge on any atom is -0.507 e. The maximum absolute atomic E-state index is 14.4. The Morgan fingerprint density at radius 1 is 1.02 bits per heavy atom. The lowest BCUT2D eigenvalue weighted by molar-refractivity contribution is -0.184. The lowest BCUT2D eigenvalue weighted by atomic mass is 9.54. The van der Waals surface area contributed by atoms with Crippen molar-refractivity contribution in [1.82, 2.24) is 4.90 Å². The van der Waals surface area contributed by atoms with Gasteiger partial charge < -0.3 is 40.4 Å². The molecule has 2 fully saturated rings. The number of likely N-dealkylation sites (N-methyl/N-ethyl adjacent to an activating group) is 1. The molecule has 1 aromatic heterocycles. The minimum absolute atomic E-state index is 0.0265. The third-order valence-corrected chi connectivity index (χ3v) is 11.5. The number of ketones is 2. The van der Waals surface area contributed by atoms with Crippen molar-refractivity contribution in [2.24, 2.45) is 35.3 Å². The Morgan fingerprint density at radius 3 is 2.33 bits per heavy atom. The van der Waals surface area contributed by atoms with Crippen LogP contribution in [0.25, 0.3) is 17.1 Å². The number of rotatable bonds is 11. The molecule has 52 heavy (non-hydrogen) atoms. The summed E-state index contributed by atoms with van der Waals surface area (Å²) in [5, 5.41) is 46.9. The molecule has 2 aromatic carbocycles. The monoisotopic (exact) mass is 713 g/mol. The van der Waals surface area contributed by atoms with Gasteiger partial charge in [0.1, 0.15) is 28.9 Å². The highest BCUT2D eigenvalue weighted by Crippen LogP contribution is 2.54. The molecule has 0 bridgehead atoms. The van der Waals surface area contributed by atoms with Gasteiger partial charge in [0.25, 0.3) is 0 Å². The third kappa shape index (κ3) is 6.33. The molecule has 3 aromatic rings. The number of aliphatic hydroxyl groups is 3. The second kappa shape index (κ2) is 14.2. The number of hydrogen-bond acceptors (Lipinski definition) is 10. The van der Waals surface area contributed by atoms with E-state index in [-0.39, 0.29) is 29.7 Å². The molecule has 11 nitrogen and oxygen atoms in total. The molecule has 3 aliphatic rings. The van der Waals surface area contributed by atoms with E-state index in [0.29, 0.717) is 40.8 Å². The van der Waals surface area contributed by atoms with Crippen molar-refractivity contribution >= 4 is 28.9 Å². The lowest BCUT2D eigenvalue weighted by Crippen LogP contribution is -2.73. The van der Waals surface area contributed by atoms with Crippen molar-refractivity contribution in [3.63, 3.8) is 0 Å². The number of amides is 1. The molecule has 7 atom stereocenters. The molecule has 0 aliphatic heterocycles. The topological polar surface area (TPSA) is 178 Å². The molecule has 1 amide bonds. The van der Waals surface area contributed by atoms with Gasteiger partial charge in [-0.2, -0.15) is 0 Å². The van der Waals surface area contributed by atoms with E-state index in [2.05, 4.69) is 26.0 Å². The van der Waals surface area contributed by atoms with Gasteiger partial charge in [0.2, 0.25) is 11.7 Å². The smallest absolute Gasteiger partial charge is 0.230 e. The van der Waals surface area contributed by atoms with Crippen molar-refractivity contribution in [1.29, 1.82) is 0 Å². The number of fused-ring (bicyclic) bond motifs is 3. The zero-order chi connectivity index (χ0) is 37.8. The fraction of sp³-hybridized carbons (Fsp3) is 0.488. The van der Waals surface area contributed by atoms with E-state index >= 15 is 0 Å². The number of furan rings is 1. The van der Waals surface area contributed by atoms with Gasteiger partial charge in [0.15, 0.2) is 11.4 Å². The summed E-state index contributed by atoms with van der Waals surface area (Å²) in [6.07, 6.45) is 2.42. The van der Waals surface area contributed by atoms with E-state index in [0.717, 1.165) is 25.0 Å². The summed E-state index contributed by atoms with van der Waals surface area (Å²) in [5.41, 5.74) is 5.50. The number of nitrogens with zero attached hydrogens (tertiary/aromatic N) is 2. The van der Waals surface area contributed by atoms with Crippen LogP contribution in [-0.2, 0) is 33.6 Å². The molecule has 6 N–H and O–H groups in total. The molecule has 3 aliphatic carbocycles. The number of aliphatic hydroxyl groups excluding tert-OH is 2. The summed E-state index contributed by atoms with van der Waals surface area (Å²) in [6.45, 7) is 4.43. The Balaban J connectivity index is 1.40. The van der Waals surface area contributed by atoms with Crippen LogP contribution >= 0.6 is 0 Å². The first-order valence-electron chi connectivity index (χ1n) is 18.1. The second-order valence-corrected chi connectivity index (χ2v) is 15.8. The normalized spacial score (nSPS) is 26.3. The van der Waals surface area contributed by atoms with Crippen LogP contribution in [0.1, 0.15) is 55.6 Å². The van der Waals surface area contributed by atoms with Crippen molar-refractivity contribution in [2.75, 3.05) is 33.1 Å². The van der Waals surface area contributed by atoms with Crippen molar-refractivity contribution < 1.29 is 39.2 Å². The summed E-state index contributed by atoms with van der Waals surface area (Å²) in [7, 11) is 6.95. The molecule has 3 unspecified atom stereocenters. The Labute approximate surface area is 304 Å². The van der Waals surface area contributed by atoms with E-state index in [9.17, 15) is 34.8 Å². The highest BCUT2D eigenvalue weighted by molar-refractivity contribution is 6.25. The Bertz CT molecular complexity index is 1900. The lowest BCUT2D eigenvalue weighted by Gasteiger charge is -2.53. The summed E-state index contributed by atoms with van der Waals surface area (Å²) >= 11 is 0. The highest BCUT2D eigenvalue weighted by atomic mass is 16.3. The van der Waals surface area contributed by atoms with Gasteiger partial charge in [-0.15, -0.1) is 0 Å². The number of primary amides is 1. The predicted molar refractivity (Wildman–Crippen MR) is 198 cm³/mol. The number of carbonyl (C=O) groups excluding carboxylic acids is 3. The van der Waals surface area contributed by atoms with Crippen LogP contribution in [0, 0.1) is 29.6 Å². The van der Waals surface area contributed by atoms with Crippen LogP contribution < -0.4 is 10.6 Å². The van der Waals surface area contributed by atoms with Crippen LogP contribution in [0.2, 0.25) is 0 Å². The largest absolute Gasteiger partial charge is 0.507 e. The van der Waals surface area contributed by atoms with E-state index in [4.69, 9.17) is 10.2 Å². The third-order valence-electron chi connectivity index (χ3n) is 11.5. The highest BCUT2D eigenvalue weighted by Gasteiger charge is 2.67. The molecule has 0 saturated heterocycles. The number of phenols is 1. The zero-order valence-electron chi connectivity index (χ0n) is 30.8. The summed E-state index contributed by atoms with van der Waals surface area (Å²) in [5.74, 6) is -5.71. The van der Waals surface area contributed by atoms with Crippen molar-refractivity contribution in [3.8, 4) is 17.1 Å². The van der Waals surface area contributed by atoms with E-state index in [1.165, 1.54) is 5.56 Å². The minimum atomic E-state index is -2.72. The predicted octanol–water partition coefficient (Wildman–Crippen LogP) is 4.29. The van der Waals surface area contributed by atoms with Gasteiger partial charge >= 0.3 is 0 Å². The Kier molecular flexibility index (Phi) is 10.2. The Hall–Kier alpha value is -4.45. The SMILES string of the molecule is CC(C)CCC(Cc1ccccc1)Cc1ccc(-c2cc(N(C)C)c3c(c2O)C(O)=C2C(=O)[C@@]4(O)C(=O)C(C(N)=O)C(O)[C@H](N(C)C)[C@H]4C[C@H]2C3)o1. The quantitative estimate of drug-likeness (QED) is 0.180. The molecule has 278 valence electrons. The van der Waals surface area contributed by atoms with Gasteiger partial charge in [0, 0.05) is 43.7 Å². The molecular weight excluding hydrogens is 662 g/mol. The van der Waals surface area contributed by atoms with Gasteiger partial charge in [-0.25, -0.2) is 0 Å². The van der Waals surface area contributed by atoms with Gasteiger partial charge in [0.05, 0.1) is 17.2 Å². The summed E-state index contributed by atoms with van der Waals surface area (Å²) < 4.78 is 6.39. The summed E-state index contributed by atoms with van der Waals surface area (Å²) in [4.78, 5) is 43.9. The zero-order valence-corrected chi connectivity index (χ0v) is 30.8. The molecule has 2 saturated carbocycles. The number of phenolic OH excluding ortho intramolecular Hbond substituents is 1. The van der Waals surface area contributed by atoms with E-state index in [1.54, 1.807) is 25.1 Å². The standard InChI is InChI=1S/C41H51N3O8/c1-21(2)12-13-23(16-22-10-8-7-9-11-22)17-25-14-15-30(52-25)27-20-29(43(3)4)26-18-24-19-28-34(44(5)6)37(47)33(40(42)50)39(49)41(28,51)38(48)31(24)36(46)32(26)35(27)45/h7-11,14-15,20-21,23-24,28,33-34,37,45-47,51H,12-13,16-19H2,1-6H3,(H2,42,50)/t23?,24-,28-,33?,34-,37?,41-/m1/s1. The first-order chi connectivity index (χ1) is 24.6. The maximum atomic E-state index is 14.4. The number of Topliss-reactive ketones (excluding diaryl/α,β-unsaturated/α-hetero) is 2. The van der Waals surface area contributed by atoms with Crippen LogP contribution in [-0.4, -0.2) is 88.7 Å². The first kappa shape index (κ1) is 37.3. The van der Waals surface area contributed by atoms with Crippen molar-refractivity contribution in [3.05, 3.63) is 76.6 Å². The second-order valence-electron chi connectivity index (χ2n) is 15.8. The van der Waals surface area contributed by atoms with Crippen LogP contribution in [0.3, 0.4) is 0 Å². The molecule has 6 rings (SSSR count). The number of carbonyl (C=O) groups is 3. The van der Waals surface area contributed by atoms with Crippen LogP contribution in [0.4, 0.5) is 5.69 Å². The average molecular weight is 714 g/mol. The molecule has 0 spiro atoms. The van der Waals surface area contributed by atoms with E-state index < -0.39 is 58.7 Å². The summed E-state index contributed by atoms with van der Waals surface area (Å²) in [6, 6.07) is 14.9. The van der Waals surface area contributed by atoms with Gasteiger partial charge in [-0.05, 0) is 86.9 Å². The van der Waals surface area contributed by atoms with Crippen molar-refractivity contribution in [2.45, 2.75) is 70.1 Å². The molecule has 0 radical (unpaired) electrons. The van der Waals surface area contributed by atoms with Gasteiger partial charge in [-0.1, -0.05) is 50.6 Å². The number of benzene rings is 2. The Morgan fingerprint density at radius 2 is 1.71 bits per heavy atom.